The first-order valence-electron chi connectivity index (χ1n) is 23.5. The highest BCUT2D eigenvalue weighted by Gasteiger charge is 2.46. The number of likely N-dealkylation sites (tertiary alicyclic amines) is 1. The second kappa shape index (κ2) is 18.5. The Morgan fingerprint density at radius 1 is 0.848 bits per heavy atom. The zero-order valence-electron chi connectivity index (χ0n) is 38.2. The molecule has 7 heterocycles. The first-order chi connectivity index (χ1) is 31.6. The minimum atomic E-state index is -1.01. The van der Waals surface area contributed by atoms with E-state index in [1.807, 2.05) is 6.07 Å². The van der Waals surface area contributed by atoms with Crippen LogP contribution in [0.1, 0.15) is 91.5 Å². The number of carbonyl (C=O) groups is 5. The number of imide groups is 2. The van der Waals surface area contributed by atoms with Gasteiger partial charge in [-0.1, -0.05) is 19.9 Å². The van der Waals surface area contributed by atoms with E-state index in [0.717, 1.165) is 81.5 Å². The molecule has 5 amide bonds. The van der Waals surface area contributed by atoms with E-state index < -0.39 is 46.8 Å². The molecule has 1 unspecified atom stereocenters. The van der Waals surface area contributed by atoms with Crippen LogP contribution in [-0.4, -0.2) is 145 Å². The summed E-state index contributed by atoms with van der Waals surface area (Å²) in [5.74, 6) is -1.10. The number of hydrogen-bond acceptors (Lipinski definition) is 13. The van der Waals surface area contributed by atoms with Gasteiger partial charge in [-0.05, 0) is 101 Å². The van der Waals surface area contributed by atoms with Crippen molar-refractivity contribution in [1.82, 2.24) is 35.3 Å². The van der Waals surface area contributed by atoms with Crippen LogP contribution in [0.2, 0.25) is 0 Å². The fourth-order valence-corrected chi connectivity index (χ4v) is 10.7. The number of carbonyl (C=O) groups excluding carboxylic acids is 5. The molecule has 0 saturated carbocycles. The third-order valence-electron chi connectivity index (χ3n) is 14.7. The van der Waals surface area contributed by atoms with E-state index in [-0.39, 0.29) is 47.5 Å². The number of halogens is 2. The summed E-state index contributed by atoms with van der Waals surface area (Å²) >= 11 is 0. The van der Waals surface area contributed by atoms with E-state index in [1.54, 1.807) is 29.4 Å². The Bertz CT molecular complexity index is 2380. The molecular weight excluding hydrogens is 849 g/mol. The summed E-state index contributed by atoms with van der Waals surface area (Å²) in [5.41, 5.74) is 1.23. The van der Waals surface area contributed by atoms with Gasteiger partial charge in [-0.25, -0.2) is 18.7 Å². The molecule has 352 valence electrons. The summed E-state index contributed by atoms with van der Waals surface area (Å²) in [6.07, 6.45) is 6.90. The fraction of sp³-hybridized carbons (Fsp3) is 0.562. The fourth-order valence-electron chi connectivity index (χ4n) is 10.7. The molecule has 3 N–H and O–H groups in total. The molecule has 2 atom stereocenters. The molecule has 3 aromatic rings. The van der Waals surface area contributed by atoms with E-state index in [4.69, 9.17) is 0 Å². The van der Waals surface area contributed by atoms with E-state index in [9.17, 15) is 24.0 Å². The van der Waals surface area contributed by atoms with Gasteiger partial charge in [0, 0.05) is 82.2 Å². The van der Waals surface area contributed by atoms with Crippen LogP contribution >= 0.6 is 0 Å². The number of benzene rings is 2. The SMILES string of the molecule is CN(CCCNc1cccc2c1C(=O)N(C1CCC(=O)NC1=O)C2=O)C[C@@H]1CCN(c2cc(N3CCC4(CC3)CN(c3cc(F)c(CN5CCC(C)(C)CC5)cc3F)CC(=O)N4)ncn2)C1. The third-order valence-corrected chi connectivity index (χ3v) is 14.7. The molecule has 0 radical (unpaired) electrons. The normalized spacial score (nSPS) is 23.2. The molecule has 18 heteroatoms. The van der Waals surface area contributed by atoms with Crippen LogP contribution in [0, 0.1) is 23.0 Å². The van der Waals surface area contributed by atoms with Crippen molar-refractivity contribution >= 4 is 52.5 Å². The van der Waals surface area contributed by atoms with Crippen molar-refractivity contribution in [3.63, 3.8) is 0 Å². The zero-order chi connectivity index (χ0) is 46.3. The Labute approximate surface area is 384 Å². The lowest BCUT2D eigenvalue weighted by Gasteiger charge is -2.48. The van der Waals surface area contributed by atoms with E-state index in [0.29, 0.717) is 62.7 Å². The van der Waals surface area contributed by atoms with Crippen LogP contribution < -0.4 is 30.7 Å². The Kier molecular flexibility index (Phi) is 12.7. The van der Waals surface area contributed by atoms with Gasteiger partial charge in [-0.2, -0.15) is 0 Å². The number of piperidine rings is 3. The molecule has 16 nitrogen and oxygen atoms in total. The van der Waals surface area contributed by atoms with Gasteiger partial charge in [0.2, 0.25) is 17.7 Å². The van der Waals surface area contributed by atoms with Crippen LogP contribution in [-0.2, 0) is 20.9 Å². The molecule has 6 aliphatic rings. The lowest BCUT2D eigenvalue weighted by Crippen LogP contribution is -2.66. The molecule has 9 rings (SSSR count). The van der Waals surface area contributed by atoms with Crippen molar-refractivity contribution in [3.8, 4) is 0 Å². The number of anilines is 4. The maximum absolute atomic E-state index is 15.7. The van der Waals surface area contributed by atoms with Gasteiger partial charge in [0.15, 0.2) is 0 Å². The number of piperazine rings is 1. The Hall–Kier alpha value is -5.75. The van der Waals surface area contributed by atoms with Gasteiger partial charge in [0.1, 0.15) is 35.6 Å². The van der Waals surface area contributed by atoms with Gasteiger partial charge >= 0.3 is 0 Å². The molecule has 1 spiro atoms. The first kappa shape index (κ1) is 45.4. The summed E-state index contributed by atoms with van der Waals surface area (Å²) < 4.78 is 31.2. The average Bonchev–Trinajstić information content (AvgIpc) is 3.85. The largest absolute Gasteiger partial charge is 0.384 e. The van der Waals surface area contributed by atoms with E-state index in [2.05, 4.69) is 66.4 Å². The van der Waals surface area contributed by atoms with Crippen molar-refractivity contribution in [2.24, 2.45) is 11.3 Å². The zero-order valence-corrected chi connectivity index (χ0v) is 38.2. The van der Waals surface area contributed by atoms with Gasteiger partial charge in [-0.15, -0.1) is 0 Å². The minimum Gasteiger partial charge on any atom is -0.384 e. The lowest BCUT2D eigenvalue weighted by molar-refractivity contribution is -0.136. The smallest absolute Gasteiger partial charge is 0.264 e. The van der Waals surface area contributed by atoms with Crippen LogP contribution in [0.4, 0.5) is 31.8 Å². The monoisotopic (exact) mass is 909 g/mol. The van der Waals surface area contributed by atoms with E-state index >= 15 is 8.78 Å². The third kappa shape index (κ3) is 9.57. The van der Waals surface area contributed by atoms with Crippen LogP contribution in [0.15, 0.2) is 42.7 Å². The maximum atomic E-state index is 15.7. The Morgan fingerprint density at radius 3 is 2.36 bits per heavy atom. The summed E-state index contributed by atoms with van der Waals surface area (Å²) in [5, 5.41) is 8.79. The molecule has 1 aromatic heterocycles. The highest BCUT2D eigenvalue weighted by molar-refractivity contribution is 6.25. The van der Waals surface area contributed by atoms with Crippen molar-refractivity contribution in [1.29, 1.82) is 0 Å². The van der Waals surface area contributed by atoms with Crippen molar-refractivity contribution < 1.29 is 32.8 Å². The van der Waals surface area contributed by atoms with Gasteiger partial charge in [0.25, 0.3) is 11.8 Å². The molecule has 6 aliphatic heterocycles. The van der Waals surface area contributed by atoms with Crippen molar-refractivity contribution in [2.45, 2.75) is 83.3 Å². The molecule has 0 aliphatic carbocycles. The van der Waals surface area contributed by atoms with Gasteiger partial charge in [-0.3, -0.25) is 39.1 Å². The molecule has 66 heavy (non-hydrogen) atoms. The highest BCUT2D eigenvalue weighted by Crippen LogP contribution is 2.36. The first-order valence-corrected chi connectivity index (χ1v) is 23.5. The summed E-state index contributed by atoms with van der Waals surface area (Å²) in [6.45, 7) is 12.2. The van der Waals surface area contributed by atoms with Crippen LogP contribution in [0.25, 0.3) is 0 Å². The van der Waals surface area contributed by atoms with Crippen molar-refractivity contribution in [2.75, 3.05) is 99.1 Å². The number of fused-ring (bicyclic) bond motifs is 1. The molecule has 5 fully saturated rings. The molecule has 0 bridgehead atoms. The summed E-state index contributed by atoms with van der Waals surface area (Å²) in [4.78, 5) is 84.9. The van der Waals surface area contributed by atoms with Gasteiger partial charge in [0.05, 0.1) is 28.9 Å². The number of nitrogens with zero attached hydrogens (tertiary/aromatic N) is 8. The lowest BCUT2D eigenvalue weighted by atomic mass is 9.82. The second-order valence-corrected chi connectivity index (χ2v) is 20.1. The quantitative estimate of drug-likeness (QED) is 0.167. The van der Waals surface area contributed by atoms with Crippen molar-refractivity contribution in [3.05, 3.63) is 71.1 Å². The maximum Gasteiger partial charge on any atom is 0.264 e. The predicted octanol–water partition coefficient (Wildman–Crippen LogP) is 4.01. The van der Waals surface area contributed by atoms with E-state index in [1.165, 1.54) is 12.1 Å². The number of rotatable bonds is 13. The highest BCUT2D eigenvalue weighted by atomic mass is 19.1. The number of aromatic nitrogens is 2. The standard InChI is InChI=1S/C48H61F2N11O5/c1-47(2)11-18-57(19-12-47)27-32-22-35(50)38(23-34(32)49)60-28-42(63)55-48(29-60)13-20-58(21-14-48)39-24-40(53-30-52-39)59-17-10-31(26-59)25-56(3)16-5-15-51-36-7-4-6-33-43(36)46(66)61(45(33)65)37-8-9-41(62)54-44(37)64/h4,6-7,22-24,30-31,37,51H,5,8-21,25-29H2,1-3H3,(H,55,63)(H,54,62,64)/t31-,37?/m0/s1. The Balaban J connectivity index is 0.735. The molecule has 5 saturated heterocycles. The minimum absolute atomic E-state index is 0.0273. The number of amides is 5. The second-order valence-electron chi connectivity index (χ2n) is 20.1. The topological polar surface area (TPSA) is 167 Å². The predicted molar refractivity (Wildman–Crippen MR) is 245 cm³/mol. The van der Waals surface area contributed by atoms with Crippen LogP contribution in [0.5, 0.6) is 0 Å². The summed E-state index contributed by atoms with van der Waals surface area (Å²) in [7, 11) is 2.10. The number of nitrogens with one attached hydrogen (secondary N) is 3. The molecule has 2 aromatic carbocycles. The number of hydrogen-bond donors (Lipinski definition) is 3. The molecular formula is C48H61F2N11O5. The average molecular weight is 910 g/mol. The van der Waals surface area contributed by atoms with Crippen LogP contribution in [0.3, 0.4) is 0 Å². The Morgan fingerprint density at radius 2 is 1.61 bits per heavy atom. The summed E-state index contributed by atoms with van der Waals surface area (Å²) in [6, 6.07) is 8.70. The van der Waals surface area contributed by atoms with Gasteiger partial charge < -0.3 is 30.2 Å².